The zero-order chi connectivity index (χ0) is 24.2. The second-order valence-corrected chi connectivity index (χ2v) is 8.53. The Bertz CT molecular complexity index is 1220. The molecule has 1 atom stereocenters. The van der Waals surface area contributed by atoms with Crippen molar-refractivity contribution in [2.75, 3.05) is 17.3 Å². The highest BCUT2D eigenvalue weighted by molar-refractivity contribution is 7.80. The summed E-state index contributed by atoms with van der Waals surface area (Å²) < 4.78 is 18.3. The summed E-state index contributed by atoms with van der Waals surface area (Å²) in [5, 5.41) is 5.64. The monoisotopic (exact) mass is 498 g/mol. The molecule has 8 nitrogen and oxygen atoms in total. The molecule has 1 fully saturated rings. The average molecular weight is 499 g/mol. The molecule has 0 saturated carbocycles. The van der Waals surface area contributed by atoms with Crippen molar-refractivity contribution in [1.82, 2.24) is 10.4 Å². The number of nitrogens with one attached hydrogen (secondary N) is 2. The summed E-state index contributed by atoms with van der Waals surface area (Å²) >= 11 is 6.75. The number of rotatable bonds is 7. The lowest BCUT2D eigenvalue weighted by Crippen LogP contribution is -2.49. The number of hydrogen-bond donors (Lipinski definition) is 2. The van der Waals surface area contributed by atoms with E-state index in [4.69, 9.17) is 17.0 Å². The Morgan fingerprint density at radius 3 is 2.44 bits per heavy atom. The molecule has 4 rings (SSSR count). The van der Waals surface area contributed by atoms with Crippen LogP contribution in [0.4, 0.5) is 15.8 Å². The quantitative estimate of drug-likeness (QED) is 0.484. The number of ether oxygens (including phenoxy) is 1. The third-order valence-corrected chi connectivity index (χ3v) is 6.27. The van der Waals surface area contributed by atoms with Crippen molar-refractivity contribution < 1.29 is 23.5 Å². The van der Waals surface area contributed by atoms with E-state index >= 15 is 0 Å². The molecule has 1 saturated heterocycles. The summed E-state index contributed by atoms with van der Waals surface area (Å²) in [6.07, 6.45) is -0.298. The first-order valence-electron chi connectivity index (χ1n) is 10.1. The van der Waals surface area contributed by atoms with Gasteiger partial charge in [-0.05, 0) is 72.2 Å². The van der Waals surface area contributed by atoms with Crippen LogP contribution in [-0.2, 0) is 9.59 Å². The number of halogens is 1. The van der Waals surface area contributed by atoms with Gasteiger partial charge in [0.2, 0.25) is 11.0 Å². The molecule has 2 aromatic carbocycles. The van der Waals surface area contributed by atoms with E-state index in [0.717, 1.165) is 0 Å². The number of anilines is 2. The number of nitrogens with zero attached hydrogens (tertiary/aromatic N) is 2. The molecule has 0 bridgehead atoms. The first-order chi connectivity index (χ1) is 16.4. The van der Waals surface area contributed by atoms with Crippen LogP contribution in [0.2, 0.25) is 0 Å². The van der Waals surface area contributed by atoms with E-state index in [1.807, 2.05) is 0 Å². The summed E-state index contributed by atoms with van der Waals surface area (Å²) in [6, 6.07) is 14.2. The Labute approximate surface area is 203 Å². The largest absolute Gasteiger partial charge is 0.497 e. The fraction of sp³-hybridized carbons (Fsp3) is 0.130. The van der Waals surface area contributed by atoms with Gasteiger partial charge in [0.25, 0.3) is 11.8 Å². The van der Waals surface area contributed by atoms with Crippen LogP contribution in [0.1, 0.15) is 16.1 Å². The molecule has 3 aromatic rings. The molecule has 2 N–H and O–H groups in total. The number of thiocarbonyl (C=S) groups is 1. The van der Waals surface area contributed by atoms with E-state index in [2.05, 4.69) is 10.7 Å². The zero-order valence-corrected chi connectivity index (χ0v) is 19.5. The fourth-order valence-electron chi connectivity index (χ4n) is 3.36. The van der Waals surface area contributed by atoms with Crippen molar-refractivity contribution in [2.24, 2.45) is 0 Å². The number of carbonyl (C=O) groups excluding carboxylic acids is 3. The molecule has 34 heavy (non-hydrogen) atoms. The van der Waals surface area contributed by atoms with Crippen molar-refractivity contribution in [2.45, 2.75) is 12.5 Å². The molecule has 1 aromatic heterocycles. The Kier molecular flexibility index (Phi) is 6.85. The van der Waals surface area contributed by atoms with Crippen molar-refractivity contribution in [3.63, 3.8) is 0 Å². The highest BCUT2D eigenvalue weighted by atomic mass is 32.1. The van der Waals surface area contributed by atoms with Crippen LogP contribution < -0.4 is 20.4 Å². The minimum absolute atomic E-state index is 0.0275. The minimum Gasteiger partial charge on any atom is -0.497 e. The maximum absolute atomic E-state index is 13.4. The van der Waals surface area contributed by atoms with Crippen LogP contribution >= 0.6 is 23.6 Å². The number of benzene rings is 2. The van der Waals surface area contributed by atoms with Gasteiger partial charge >= 0.3 is 0 Å². The van der Waals surface area contributed by atoms with Gasteiger partial charge in [-0.15, -0.1) is 11.3 Å². The van der Waals surface area contributed by atoms with Crippen LogP contribution in [-0.4, -0.2) is 41.0 Å². The van der Waals surface area contributed by atoms with Crippen molar-refractivity contribution in [3.8, 4) is 5.75 Å². The summed E-state index contributed by atoms with van der Waals surface area (Å²) in [5.41, 5.74) is 3.50. The van der Waals surface area contributed by atoms with E-state index in [0.29, 0.717) is 22.0 Å². The summed E-state index contributed by atoms with van der Waals surface area (Å²) in [5.74, 6) is -1.27. The van der Waals surface area contributed by atoms with Crippen molar-refractivity contribution in [1.29, 1.82) is 0 Å². The van der Waals surface area contributed by atoms with Gasteiger partial charge in [0.15, 0.2) is 0 Å². The molecule has 1 aliphatic rings. The van der Waals surface area contributed by atoms with E-state index < -0.39 is 29.6 Å². The van der Waals surface area contributed by atoms with Gasteiger partial charge in [-0.2, -0.15) is 0 Å². The van der Waals surface area contributed by atoms with E-state index in [9.17, 15) is 18.8 Å². The fourth-order valence-corrected chi connectivity index (χ4v) is 4.34. The highest BCUT2D eigenvalue weighted by Crippen LogP contribution is 2.28. The van der Waals surface area contributed by atoms with Gasteiger partial charge in [-0.3, -0.25) is 24.7 Å². The molecule has 0 aliphatic carbocycles. The number of methoxy groups -OCH3 is 1. The van der Waals surface area contributed by atoms with Gasteiger partial charge < -0.3 is 10.1 Å². The van der Waals surface area contributed by atoms with Gasteiger partial charge in [0, 0.05) is 5.69 Å². The maximum atomic E-state index is 13.4. The molecule has 0 radical (unpaired) electrons. The van der Waals surface area contributed by atoms with E-state index in [1.54, 1.807) is 41.8 Å². The lowest BCUT2D eigenvalue weighted by Gasteiger charge is -2.24. The van der Waals surface area contributed by atoms with E-state index in [-0.39, 0.29) is 11.5 Å². The van der Waals surface area contributed by atoms with Crippen LogP contribution in [0.5, 0.6) is 5.75 Å². The molecule has 0 spiro atoms. The lowest BCUT2D eigenvalue weighted by molar-refractivity contribution is -0.124. The Hall–Kier alpha value is -3.83. The first kappa shape index (κ1) is 23.3. The van der Waals surface area contributed by atoms with Crippen LogP contribution in [0.25, 0.3) is 0 Å². The third kappa shape index (κ3) is 4.90. The molecular weight excluding hydrogens is 479 g/mol. The van der Waals surface area contributed by atoms with Gasteiger partial charge in [-0.1, -0.05) is 6.07 Å². The number of hydrogen-bond acceptors (Lipinski definition) is 6. The van der Waals surface area contributed by atoms with Gasteiger partial charge in [0.05, 0.1) is 24.1 Å². The Balaban J connectivity index is 1.58. The molecule has 0 unspecified atom stereocenters. The molecule has 2 heterocycles. The predicted octanol–water partition coefficient (Wildman–Crippen LogP) is 3.57. The third-order valence-electron chi connectivity index (χ3n) is 5.02. The minimum atomic E-state index is -1.08. The summed E-state index contributed by atoms with van der Waals surface area (Å²) in [6.45, 7) is 0. The Morgan fingerprint density at radius 2 is 1.82 bits per heavy atom. The molecule has 3 amide bonds. The summed E-state index contributed by atoms with van der Waals surface area (Å²) in [4.78, 5) is 40.5. The highest BCUT2D eigenvalue weighted by Gasteiger charge is 2.45. The first-order valence-corrected chi connectivity index (χ1v) is 11.4. The van der Waals surface area contributed by atoms with Crippen LogP contribution in [0.15, 0.2) is 66.0 Å². The maximum Gasteiger partial charge on any atom is 0.279 e. The smallest absolute Gasteiger partial charge is 0.279 e. The van der Waals surface area contributed by atoms with Crippen LogP contribution in [0.3, 0.4) is 0 Å². The number of thiophene rings is 1. The molecule has 174 valence electrons. The summed E-state index contributed by atoms with van der Waals surface area (Å²) in [7, 11) is 1.53. The van der Waals surface area contributed by atoms with Gasteiger partial charge in [-0.25, -0.2) is 9.40 Å². The predicted molar refractivity (Wildman–Crippen MR) is 130 cm³/mol. The van der Waals surface area contributed by atoms with Crippen molar-refractivity contribution >= 4 is 57.8 Å². The molecule has 1 aliphatic heterocycles. The topological polar surface area (TPSA) is 91.0 Å². The SMILES string of the molecule is COc1ccc(N2C(=O)[C@@H](CC(=O)Nc3ccc(F)cc3)N(NC(=O)c3cccs3)C2=S)cc1. The second-order valence-electron chi connectivity index (χ2n) is 7.22. The number of carbonyl (C=O) groups is 3. The second kappa shape index (κ2) is 9.98. The van der Waals surface area contributed by atoms with Crippen LogP contribution in [0, 0.1) is 5.82 Å². The lowest BCUT2D eigenvalue weighted by atomic mass is 10.1. The van der Waals surface area contributed by atoms with Crippen molar-refractivity contribution in [3.05, 3.63) is 76.7 Å². The number of hydrazine groups is 1. The molecular formula is C23H19FN4O4S2. The number of amides is 3. The average Bonchev–Trinajstić information content (AvgIpc) is 3.44. The Morgan fingerprint density at radius 1 is 1.12 bits per heavy atom. The standard InChI is InChI=1S/C23H19FN4O4S2/c1-32-17-10-8-16(9-11-17)27-22(31)18(13-20(29)25-15-6-4-14(24)5-7-15)28(23(27)33)26-21(30)19-3-2-12-34-19/h2-12,18H,13H2,1H3,(H,25,29)(H,26,30)/t18-/m1/s1. The van der Waals surface area contributed by atoms with Gasteiger partial charge in [0.1, 0.15) is 17.6 Å². The zero-order valence-electron chi connectivity index (χ0n) is 17.9. The normalized spacial score (nSPS) is 15.4. The molecule has 11 heteroatoms. The van der Waals surface area contributed by atoms with E-state index in [1.165, 1.54) is 52.6 Å².